The number of hydrogen-bond donors (Lipinski definition) is 4. The van der Waals surface area contributed by atoms with E-state index in [2.05, 4.69) is 132 Å². The summed E-state index contributed by atoms with van der Waals surface area (Å²) in [5.41, 5.74) is 13.7. The molecule has 20 heteroatoms. The van der Waals surface area contributed by atoms with Crippen molar-refractivity contribution in [3.05, 3.63) is 171 Å². The minimum atomic E-state index is -0.838. The standard InChI is InChI=1S/C86H113ClN10O7S2/c1-59-47-64(17-30-78(59)91-71(32-34-92-43-45-104-46-44-92)56-105-75-11-9-8-10-12-75)53-88-82(101)68-24-28-72(29-25-68)95-39-35-93(36-40-95)54-69-52-86(7,33-31-76(69)66-22-26-70(87)27-23-66)57-94-37-41-96(42-38-94)80(100)49-63-15-13-62(14-16-63)48-73(98)50-77(85(4,5)6)84(103)97-55-74(99)51-79(97)83(102)90-60(2)65-18-20-67(21-19-65)81-61(3)89-58-106-81/h8-12,17-30,47,58,60,62-63,71,74,77,79,91,99H,13-16,31-46,48-57H2,1-7H3,(H,88,101)(H,90,102)/t60-,62?,63?,71+,74+,77+,79-,86?/m0/s1. The highest BCUT2D eigenvalue weighted by molar-refractivity contribution is 7.99. The Bertz CT molecular complexity index is 3950. The average molecular weight is 1500 g/mol. The summed E-state index contributed by atoms with van der Waals surface area (Å²) in [6.07, 6.45) is 8.06. The molecule has 4 amide bonds. The van der Waals surface area contributed by atoms with Gasteiger partial charge in [-0.15, -0.1) is 23.1 Å². The van der Waals surface area contributed by atoms with Gasteiger partial charge in [0.25, 0.3) is 5.91 Å². The van der Waals surface area contributed by atoms with Gasteiger partial charge in [-0.25, -0.2) is 4.98 Å². The fraction of sp³-hybridized carbons (Fsp3) is 0.535. The second-order valence-corrected chi connectivity index (χ2v) is 34.9. The maximum atomic E-state index is 14.5. The number of aliphatic hydroxyl groups is 1. The predicted octanol–water partition coefficient (Wildman–Crippen LogP) is 14.3. The SMILES string of the molecule is Cc1cc(CNC(=O)c2ccc(N3CCN(CC4=C(c5ccc(Cl)cc5)CCC(C)(CN5CCN(C(=O)CC6CCC(CC(=O)C[C@H](C(=O)N7C[C@H](O)C[C@H]7C(=O)N[C@@H](C)c7ccc(-c8scnc8C)cc7)C(C)(C)C)CC6)CC5)C4)CC3)cc2)ccc1N[C@H](CCN1CCOCC1)CSc1ccccc1. The molecule has 0 bridgehead atoms. The van der Waals surface area contributed by atoms with E-state index in [-0.39, 0.29) is 72.1 Å². The highest BCUT2D eigenvalue weighted by Gasteiger charge is 2.45. The number of thiazole rings is 1. The molecule has 4 saturated heterocycles. The number of aliphatic hydroxyl groups excluding tert-OH is 1. The number of thioether (sulfide) groups is 1. The van der Waals surface area contributed by atoms with Crippen LogP contribution >= 0.6 is 34.7 Å². The molecule has 6 atom stereocenters. The summed E-state index contributed by atoms with van der Waals surface area (Å²) in [5, 5.41) is 21.8. The van der Waals surface area contributed by atoms with Gasteiger partial charge >= 0.3 is 0 Å². The molecule has 4 aliphatic heterocycles. The van der Waals surface area contributed by atoms with E-state index in [1.165, 1.54) is 32.1 Å². The van der Waals surface area contributed by atoms with E-state index in [4.69, 9.17) is 16.3 Å². The van der Waals surface area contributed by atoms with Crippen molar-refractivity contribution in [1.29, 1.82) is 0 Å². The molecule has 17 nitrogen and oxygen atoms in total. The Labute approximate surface area is 643 Å². The van der Waals surface area contributed by atoms with Crippen molar-refractivity contribution < 1.29 is 33.8 Å². The molecule has 568 valence electrons. The summed E-state index contributed by atoms with van der Waals surface area (Å²) in [7, 11) is 0. The maximum Gasteiger partial charge on any atom is 0.251 e. The second-order valence-electron chi connectivity index (χ2n) is 32.6. The molecule has 4 N–H and O–H groups in total. The Hall–Kier alpha value is -6.94. The van der Waals surface area contributed by atoms with Crippen molar-refractivity contribution in [2.24, 2.45) is 28.6 Å². The third-order valence-corrected chi connectivity index (χ3v) is 25.8. The number of carbonyl (C=O) groups is 5. The Morgan fingerprint density at radius 2 is 1.46 bits per heavy atom. The van der Waals surface area contributed by atoms with Crippen LogP contribution in [0.4, 0.5) is 11.4 Å². The van der Waals surface area contributed by atoms with E-state index in [0.717, 1.165) is 199 Å². The average Bonchev–Trinajstić information content (AvgIpc) is 1.64. The number of β-amino-alcohol motifs (C(OH)–C–C–N with tert-alkyl or cyclic N) is 1. The highest BCUT2D eigenvalue weighted by Crippen LogP contribution is 2.45. The summed E-state index contributed by atoms with van der Waals surface area (Å²) in [6, 6.07) is 40.8. The molecule has 2 aliphatic carbocycles. The zero-order chi connectivity index (χ0) is 74.5. The topological polar surface area (TPSA) is 183 Å². The Morgan fingerprint density at radius 1 is 0.783 bits per heavy atom. The molecule has 6 aromatic rings. The molecule has 0 spiro atoms. The number of halogens is 1. The van der Waals surface area contributed by atoms with Gasteiger partial charge in [0, 0.05) is 168 Å². The number of piperazine rings is 2. The fourth-order valence-corrected chi connectivity index (χ4v) is 18.9. The minimum Gasteiger partial charge on any atom is -0.391 e. The second kappa shape index (κ2) is 36.5. The summed E-state index contributed by atoms with van der Waals surface area (Å²) in [5.74, 6) is 0.455. The summed E-state index contributed by atoms with van der Waals surface area (Å²) in [6.45, 7) is 28.3. The number of morpholine rings is 1. The van der Waals surface area contributed by atoms with Gasteiger partial charge in [0.05, 0.1) is 41.4 Å². The number of nitrogens with zero attached hydrogens (tertiary/aromatic N) is 7. The van der Waals surface area contributed by atoms with Crippen LogP contribution in [0.5, 0.6) is 0 Å². The van der Waals surface area contributed by atoms with Gasteiger partial charge in [0.1, 0.15) is 11.8 Å². The first-order chi connectivity index (χ1) is 51.0. The van der Waals surface area contributed by atoms with Gasteiger partial charge < -0.3 is 40.5 Å². The summed E-state index contributed by atoms with van der Waals surface area (Å²) < 4.78 is 5.61. The number of Topliss-reactive ketones (excluding diaryl/α,β-unsaturated/α-hetero) is 1. The first-order valence-electron chi connectivity index (χ1n) is 39.0. The molecule has 5 heterocycles. The lowest BCUT2D eigenvalue weighted by Crippen LogP contribution is -2.52. The number of hydrogen-bond acceptors (Lipinski definition) is 15. The van der Waals surface area contributed by atoms with Crippen molar-refractivity contribution in [2.45, 2.75) is 161 Å². The summed E-state index contributed by atoms with van der Waals surface area (Å²) in [4.78, 5) is 90.6. The number of ether oxygens (including phenoxy) is 1. The van der Waals surface area contributed by atoms with Gasteiger partial charge in [-0.1, -0.05) is 112 Å². The lowest BCUT2D eigenvalue weighted by molar-refractivity contribution is -0.146. The third-order valence-electron chi connectivity index (χ3n) is 23.4. The van der Waals surface area contributed by atoms with Gasteiger partial charge in [-0.3, -0.25) is 38.7 Å². The van der Waals surface area contributed by atoms with Crippen molar-refractivity contribution in [3.8, 4) is 10.4 Å². The lowest BCUT2D eigenvalue weighted by atomic mass is 9.71. The fourth-order valence-electron chi connectivity index (χ4n) is 16.9. The third kappa shape index (κ3) is 21.3. The smallest absolute Gasteiger partial charge is 0.251 e. The van der Waals surface area contributed by atoms with Crippen molar-refractivity contribution >= 4 is 81.1 Å². The van der Waals surface area contributed by atoms with Crippen LogP contribution in [0.3, 0.4) is 0 Å². The number of allylic oxidation sites excluding steroid dienone is 1. The van der Waals surface area contributed by atoms with E-state index in [1.807, 2.05) is 100 Å². The quantitative estimate of drug-likeness (QED) is 0.0340. The number of ketones is 1. The Kier molecular flexibility index (Phi) is 27.1. The molecule has 1 saturated carbocycles. The van der Waals surface area contributed by atoms with Crippen LogP contribution in [0.2, 0.25) is 5.02 Å². The summed E-state index contributed by atoms with van der Waals surface area (Å²) >= 11 is 9.94. The van der Waals surface area contributed by atoms with Gasteiger partial charge in [-0.05, 0) is 183 Å². The van der Waals surface area contributed by atoms with E-state index in [9.17, 15) is 29.1 Å². The Morgan fingerprint density at radius 3 is 2.13 bits per heavy atom. The lowest BCUT2D eigenvalue weighted by Gasteiger charge is -2.44. The van der Waals surface area contributed by atoms with Crippen molar-refractivity contribution in [3.63, 3.8) is 0 Å². The van der Waals surface area contributed by atoms with E-state index >= 15 is 0 Å². The van der Waals surface area contributed by atoms with E-state index in [1.54, 1.807) is 11.3 Å². The number of nitrogens with one attached hydrogen (secondary N) is 3. The minimum absolute atomic E-state index is 0.0515. The highest BCUT2D eigenvalue weighted by atomic mass is 35.5. The number of benzene rings is 5. The molecule has 106 heavy (non-hydrogen) atoms. The normalized spacial score (nSPS) is 22.4. The largest absolute Gasteiger partial charge is 0.391 e. The molecule has 5 aromatic carbocycles. The molecule has 1 unspecified atom stereocenters. The van der Waals surface area contributed by atoms with Crippen LogP contribution in [-0.2, 0) is 30.5 Å². The Balaban J connectivity index is 0.564. The number of aromatic nitrogens is 1. The molecule has 12 rings (SSSR count). The predicted molar refractivity (Wildman–Crippen MR) is 429 cm³/mol. The molecule has 1 aromatic heterocycles. The van der Waals surface area contributed by atoms with Crippen LogP contribution in [0.25, 0.3) is 16.0 Å². The number of carbonyl (C=O) groups excluding carboxylic acids is 5. The van der Waals surface area contributed by atoms with Crippen molar-refractivity contribution in [1.82, 2.24) is 40.1 Å². The maximum absolute atomic E-state index is 14.5. The van der Waals surface area contributed by atoms with Crippen molar-refractivity contribution in [2.75, 3.05) is 121 Å². The first kappa shape index (κ1) is 78.6. The molecule has 0 radical (unpaired) electrons. The zero-order valence-electron chi connectivity index (χ0n) is 63.6. The first-order valence-corrected chi connectivity index (χ1v) is 41.3. The van der Waals surface area contributed by atoms with Crippen LogP contribution in [0, 0.1) is 42.4 Å². The van der Waals surface area contributed by atoms with Crippen LogP contribution in [-0.4, -0.2) is 193 Å². The van der Waals surface area contributed by atoms with E-state index < -0.39 is 23.5 Å². The monoisotopic (exact) mass is 1500 g/mol. The number of rotatable bonds is 28. The zero-order valence-corrected chi connectivity index (χ0v) is 66.0. The number of anilines is 2. The molecular formula is C86H113ClN10O7S2. The van der Waals surface area contributed by atoms with E-state index in [0.29, 0.717) is 31.0 Å². The van der Waals surface area contributed by atoms with Crippen LogP contribution in [0.1, 0.15) is 156 Å². The number of amides is 4. The molecule has 5 fully saturated rings. The van der Waals surface area contributed by atoms with Gasteiger partial charge in [0.15, 0.2) is 0 Å². The molecule has 6 aliphatic rings. The van der Waals surface area contributed by atoms with Gasteiger partial charge in [0.2, 0.25) is 17.7 Å². The van der Waals surface area contributed by atoms with Crippen LogP contribution in [0.15, 0.2) is 137 Å². The number of aryl methyl sites for hydroxylation is 2. The van der Waals surface area contributed by atoms with Gasteiger partial charge in [-0.2, -0.15) is 0 Å². The number of likely N-dealkylation sites (tertiary alicyclic amines) is 1. The van der Waals surface area contributed by atoms with Crippen LogP contribution < -0.4 is 20.9 Å². The molecular weight excluding hydrogens is 1380 g/mol.